The molecule has 0 heterocycles. The van der Waals surface area contributed by atoms with E-state index in [9.17, 15) is 0 Å². The Morgan fingerprint density at radius 2 is 0.969 bits per heavy atom. The van der Waals surface area contributed by atoms with Crippen molar-refractivity contribution in [3.63, 3.8) is 0 Å². The third kappa shape index (κ3) is 4.11. The van der Waals surface area contributed by atoms with Crippen LogP contribution >= 0.6 is 23.2 Å². The zero-order valence-electron chi connectivity index (χ0n) is 19.8. The molecular formula is C28H34Cl2N2. The van der Waals surface area contributed by atoms with Crippen LogP contribution in [0.3, 0.4) is 0 Å². The molecule has 3 aromatic rings. The molecule has 0 aliphatic carbocycles. The summed E-state index contributed by atoms with van der Waals surface area (Å²) in [5.41, 5.74) is 22.0. The van der Waals surface area contributed by atoms with Gasteiger partial charge in [-0.2, -0.15) is 0 Å². The van der Waals surface area contributed by atoms with Gasteiger partial charge in [0.2, 0.25) is 0 Å². The largest absolute Gasteiger partial charge is 0.398 e. The van der Waals surface area contributed by atoms with Crippen LogP contribution in [-0.2, 0) is 31.1 Å². The number of rotatable bonds is 7. The average molecular weight is 470 g/mol. The number of hydrogen-bond acceptors (Lipinski definition) is 2. The van der Waals surface area contributed by atoms with E-state index in [0.717, 1.165) is 76.0 Å². The van der Waals surface area contributed by atoms with Gasteiger partial charge in [0.15, 0.2) is 0 Å². The van der Waals surface area contributed by atoms with Gasteiger partial charge in [-0.1, -0.05) is 81.2 Å². The molecule has 0 spiro atoms. The summed E-state index contributed by atoms with van der Waals surface area (Å²) in [6, 6.07) is 14.6. The Morgan fingerprint density at radius 1 is 0.656 bits per heavy atom. The van der Waals surface area contributed by atoms with E-state index in [1.807, 2.05) is 18.2 Å². The molecule has 0 saturated heterocycles. The third-order valence-corrected chi connectivity index (χ3v) is 7.47. The van der Waals surface area contributed by atoms with E-state index in [1.54, 1.807) is 0 Å². The molecule has 0 aliphatic heterocycles. The molecule has 0 saturated carbocycles. The molecule has 0 atom stereocenters. The normalized spacial score (nSPS) is 11.7. The fourth-order valence-corrected chi connectivity index (χ4v) is 5.51. The smallest absolute Gasteiger partial charge is 0.0465 e. The molecule has 0 aromatic heterocycles. The van der Waals surface area contributed by atoms with Gasteiger partial charge < -0.3 is 11.5 Å². The van der Waals surface area contributed by atoms with Gasteiger partial charge in [0, 0.05) is 32.4 Å². The lowest BCUT2D eigenvalue weighted by Crippen LogP contribution is -2.28. The zero-order valence-corrected chi connectivity index (χ0v) is 21.3. The molecule has 3 aromatic carbocycles. The van der Waals surface area contributed by atoms with Crippen molar-refractivity contribution in [1.29, 1.82) is 0 Å². The van der Waals surface area contributed by atoms with Crippen molar-refractivity contribution in [2.75, 3.05) is 11.5 Å². The molecule has 170 valence electrons. The van der Waals surface area contributed by atoms with Crippen LogP contribution in [0, 0.1) is 0 Å². The number of nitrogen functional groups attached to an aromatic ring is 2. The van der Waals surface area contributed by atoms with Crippen LogP contribution in [0.1, 0.15) is 73.6 Å². The number of nitrogens with two attached hydrogens (primary N) is 2. The monoisotopic (exact) mass is 468 g/mol. The quantitative estimate of drug-likeness (QED) is 0.274. The molecule has 0 aliphatic rings. The van der Waals surface area contributed by atoms with Crippen molar-refractivity contribution in [1.82, 2.24) is 0 Å². The Morgan fingerprint density at radius 3 is 1.25 bits per heavy atom. The van der Waals surface area contributed by atoms with Crippen molar-refractivity contribution in [2.45, 2.75) is 65.7 Å². The number of benzene rings is 3. The summed E-state index contributed by atoms with van der Waals surface area (Å²) in [5.74, 6) is 0. The standard InChI is InChI=1S/C28H34Cl2N2/c1-6-17-13-21(14-18(7-2)26(17)31)28(5,25-23(29)11-10-12-24(25)30)22-15-19(8-3)27(32)20(9-4)16-22/h10-16H,6-9,31-32H2,1-5H3. The first-order chi connectivity index (χ1) is 15.2. The van der Waals surface area contributed by atoms with Gasteiger partial charge in [-0.15, -0.1) is 0 Å². The highest BCUT2D eigenvalue weighted by molar-refractivity contribution is 6.36. The Balaban J connectivity index is 2.48. The van der Waals surface area contributed by atoms with Gasteiger partial charge in [-0.3, -0.25) is 0 Å². The van der Waals surface area contributed by atoms with E-state index < -0.39 is 5.41 Å². The van der Waals surface area contributed by atoms with Gasteiger partial charge >= 0.3 is 0 Å². The van der Waals surface area contributed by atoms with Gasteiger partial charge in [0.25, 0.3) is 0 Å². The Bertz CT molecular complexity index is 1000. The highest BCUT2D eigenvalue weighted by Crippen LogP contribution is 2.47. The van der Waals surface area contributed by atoms with Crippen molar-refractivity contribution in [2.24, 2.45) is 0 Å². The molecule has 32 heavy (non-hydrogen) atoms. The van der Waals surface area contributed by atoms with E-state index in [2.05, 4.69) is 58.9 Å². The van der Waals surface area contributed by atoms with Crippen molar-refractivity contribution in [3.05, 3.63) is 91.5 Å². The van der Waals surface area contributed by atoms with Gasteiger partial charge in [0.1, 0.15) is 0 Å². The average Bonchev–Trinajstić information content (AvgIpc) is 2.78. The highest BCUT2D eigenvalue weighted by Gasteiger charge is 2.36. The SMILES string of the molecule is CCc1cc(C(C)(c2cc(CC)c(N)c(CC)c2)c2c(Cl)cccc2Cl)cc(CC)c1N. The zero-order chi connectivity index (χ0) is 23.6. The van der Waals surface area contributed by atoms with Gasteiger partial charge in [0.05, 0.1) is 0 Å². The molecule has 0 bridgehead atoms. The van der Waals surface area contributed by atoms with E-state index in [0.29, 0.717) is 10.0 Å². The fourth-order valence-electron chi connectivity index (χ4n) is 4.74. The highest BCUT2D eigenvalue weighted by atomic mass is 35.5. The predicted molar refractivity (Wildman–Crippen MR) is 141 cm³/mol. The van der Waals surface area contributed by atoms with Crippen molar-refractivity contribution in [3.8, 4) is 0 Å². The summed E-state index contributed by atoms with van der Waals surface area (Å²) in [6.07, 6.45) is 3.45. The maximum atomic E-state index is 6.84. The van der Waals surface area contributed by atoms with Gasteiger partial charge in [-0.05, 0) is 78.1 Å². The molecule has 4 N–H and O–H groups in total. The minimum Gasteiger partial charge on any atom is -0.398 e. The van der Waals surface area contributed by atoms with Crippen LogP contribution in [0.5, 0.6) is 0 Å². The predicted octanol–water partition coefficient (Wildman–Crippen LogP) is 7.76. The topological polar surface area (TPSA) is 52.0 Å². The maximum absolute atomic E-state index is 6.84. The molecule has 0 unspecified atom stereocenters. The summed E-state index contributed by atoms with van der Waals surface area (Å²) >= 11 is 13.7. The maximum Gasteiger partial charge on any atom is 0.0465 e. The van der Waals surface area contributed by atoms with E-state index >= 15 is 0 Å². The van der Waals surface area contributed by atoms with Gasteiger partial charge in [-0.25, -0.2) is 0 Å². The molecule has 0 radical (unpaired) electrons. The van der Waals surface area contributed by atoms with Crippen LogP contribution < -0.4 is 11.5 Å². The summed E-state index contributed by atoms with van der Waals surface area (Å²) in [6.45, 7) is 10.8. The number of halogens is 2. The first-order valence-electron chi connectivity index (χ1n) is 11.5. The van der Waals surface area contributed by atoms with E-state index in [1.165, 1.54) is 0 Å². The van der Waals surface area contributed by atoms with E-state index in [-0.39, 0.29) is 0 Å². The molecule has 3 rings (SSSR count). The third-order valence-electron chi connectivity index (χ3n) is 6.84. The second-order valence-corrected chi connectivity index (χ2v) is 9.37. The van der Waals surface area contributed by atoms with Crippen LogP contribution in [0.15, 0.2) is 42.5 Å². The molecular weight excluding hydrogens is 435 g/mol. The second kappa shape index (κ2) is 9.77. The van der Waals surface area contributed by atoms with Crippen LogP contribution in [0.4, 0.5) is 11.4 Å². The molecule has 0 amide bonds. The fraction of sp³-hybridized carbons (Fsp3) is 0.357. The first-order valence-corrected chi connectivity index (χ1v) is 12.3. The number of anilines is 2. The lowest BCUT2D eigenvalue weighted by atomic mass is 9.69. The second-order valence-electron chi connectivity index (χ2n) is 8.55. The van der Waals surface area contributed by atoms with Crippen molar-refractivity contribution >= 4 is 34.6 Å². The van der Waals surface area contributed by atoms with Crippen LogP contribution in [0.25, 0.3) is 0 Å². The summed E-state index contributed by atoms with van der Waals surface area (Å²) < 4.78 is 0. The molecule has 4 heteroatoms. The minimum atomic E-state index is -0.571. The molecule has 0 fully saturated rings. The lowest BCUT2D eigenvalue weighted by Gasteiger charge is -2.35. The minimum absolute atomic E-state index is 0.571. The summed E-state index contributed by atoms with van der Waals surface area (Å²) in [4.78, 5) is 0. The number of aryl methyl sites for hydroxylation is 4. The van der Waals surface area contributed by atoms with Crippen LogP contribution in [0.2, 0.25) is 10.0 Å². The summed E-state index contributed by atoms with van der Waals surface area (Å²) in [5, 5.41) is 1.31. The first kappa shape index (κ1) is 24.5. The summed E-state index contributed by atoms with van der Waals surface area (Å²) in [7, 11) is 0. The number of hydrogen-bond donors (Lipinski definition) is 2. The molecule has 2 nitrogen and oxygen atoms in total. The Hall–Kier alpha value is -2.16. The lowest BCUT2D eigenvalue weighted by molar-refractivity contribution is 0.687. The van der Waals surface area contributed by atoms with Crippen molar-refractivity contribution < 1.29 is 0 Å². The van der Waals surface area contributed by atoms with E-state index in [4.69, 9.17) is 34.7 Å². The Labute approximate surface area is 202 Å². The Kier molecular flexibility index (Phi) is 7.47. The van der Waals surface area contributed by atoms with Crippen LogP contribution in [-0.4, -0.2) is 0 Å².